The smallest absolute Gasteiger partial charge is 0.190 e. The van der Waals surface area contributed by atoms with Crippen molar-refractivity contribution in [2.24, 2.45) is 0 Å². The zero-order chi connectivity index (χ0) is 15.9. The summed E-state index contributed by atoms with van der Waals surface area (Å²) in [5, 5.41) is 10.6. The van der Waals surface area contributed by atoms with E-state index >= 15 is 0 Å². The molecule has 1 N–H and O–H groups in total. The normalized spacial score (nSPS) is 34.6. The van der Waals surface area contributed by atoms with E-state index < -0.39 is 30.4 Å². The van der Waals surface area contributed by atoms with Crippen LogP contribution in [-0.4, -0.2) is 41.6 Å². The first-order valence-corrected chi connectivity index (χ1v) is 7.79. The van der Waals surface area contributed by atoms with E-state index in [2.05, 4.69) is 0 Å². The summed E-state index contributed by atoms with van der Waals surface area (Å²) in [7, 11) is 0. The summed E-state index contributed by atoms with van der Waals surface area (Å²) in [5.74, 6) is -0.717. The number of aliphatic hydroxyl groups is 1. The summed E-state index contributed by atoms with van der Waals surface area (Å²) in [6, 6.07) is 7.50. The van der Waals surface area contributed by atoms with E-state index in [1.165, 1.54) is 0 Å². The van der Waals surface area contributed by atoms with Gasteiger partial charge in [-0.2, -0.15) is 0 Å². The van der Waals surface area contributed by atoms with Gasteiger partial charge in [-0.3, -0.25) is 0 Å². The van der Waals surface area contributed by atoms with Crippen LogP contribution in [0.25, 0.3) is 0 Å². The number of benzene rings is 1. The molecule has 0 amide bonds. The van der Waals surface area contributed by atoms with Gasteiger partial charge in [0.25, 0.3) is 0 Å². The fourth-order valence-electron chi connectivity index (χ4n) is 2.88. The molecule has 0 saturated carbocycles. The number of rotatable bonds is 4. The Morgan fingerprint density at radius 2 is 2.05 bits per heavy atom. The number of fused-ring (bicyclic) bond motifs is 1. The van der Waals surface area contributed by atoms with Crippen molar-refractivity contribution >= 4 is 11.6 Å². The highest BCUT2D eigenvalue weighted by atomic mass is 35.5. The number of hydrogen-bond acceptors (Lipinski definition) is 5. The molecule has 2 heterocycles. The predicted molar refractivity (Wildman–Crippen MR) is 80.4 cm³/mol. The van der Waals surface area contributed by atoms with Gasteiger partial charge < -0.3 is 24.1 Å². The Morgan fingerprint density at radius 3 is 2.73 bits per heavy atom. The lowest BCUT2D eigenvalue weighted by atomic mass is 10.1. The van der Waals surface area contributed by atoms with E-state index in [1.807, 2.05) is 38.1 Å². The summed E-state index contributed by atoms with van der Waals surface area (Å²) in [4.78, 5) is 0. The largest absolute Gasteiger partial charge is 0.391 e. The highest BCUT2D eigenvalue weighted by Crippen LogP contribution is 2.40. The first kappa shape index (κ1) is 16.2. The van der Waals surface area contributed by atoms with E-state index in [4.69, 9.17) is 30.5 Å². The van der Waals surface area contributed by atoms with E-state index in [1.54, 1.807) is 6.92 Å². The van der Waals surface area contributed by atoms with Crippen molar-refractivity contribution in [2.75, 3.05) is 0 Å². The molecule has 3 rings (SSSR count). The summed E-state index contributed by atoms with van der Waals surface area (Å²) in [6.45, 7) is 5.65. The Hall–Kier alpha value is -0.690. The molecule has 2 fully saturated rings. The third-order valence-electron chi connectivity index (χ3n) is 3.89. The maximum atomic E-state index is 9.92. The maximum absolute atomic E-state index is 9.92. The average Bonchev–Trinajstić information content (AvgIpc) is 2.90. The second-order valence-electron chi connectivity index (χ2n) is 6.18. The minimum Gasteiger partial charge on any atom is -0.391 e. The van der Waals surface area contributed by atoms with Crippen LogP contribution in [0.4, 0.5) is 0 Å². The minimum atomic E-state index is -0.717. The fraction of sp³-hybridized carbons (Fsp3) is 0.625. The van der Waals surface area contributed by atoms with Crippen molar-refractivity contribution in [3.63, 3.8) is 0 Å². The van der Waals surface area contributed by atoms with Gasteiger partial charge >= 0.3 is 0 Å². The van der Waals surface area contributed by atoms with Crippen LogP contribution in [0.3, 0.4) is 0 Å². The standard InChI is InChI=1S/C16H21ClO5/c1-9(18)12-13(14-15(20-12)22-16(2,3)21-14)19-8-10-6-4-5-7-11(10)17/h4-7,9,12-15,18H,8H2,1-3H3/t9-,12+,13-,14+,15+/m0/s1. The second kappa shape index (κ2) is 6.07. The summed E-state index contributed by atoms with van der Waals surface area (Å²) in [5.41, 5.74) is 0.884. The SMILES string of the molecule is C[C@H](O)[C@H]1O[C@@H]2OC(C)(C)O[C@@H]2[C@H]1OCc1ccccc1Cl. The van der Waals surface area contributed by atoms with E-state index in [0.717, 1.165) is 5.56 Å². The molecular weight excluding hydrogens is 308 g/mol. The Bertz CT molecular complexity index is 533. The molecule has 0 bridgehead atoms. The Kier molecular flexibility index (Phi) is 4.47. The molecule has 2 aliphatic heterocycles. The van der Waals surface area contributed by atoms with Crippen molar-refractivity contribution in [3.8, 4) is 0 Å². The van der Waals surface area contributed by atoms with Gasteiger partial charge in [0.15, 0.2) is 12.1 Å². The number of aliphatic hydroxyl groups excluding tert-OH is 1. The topological polar surface area (TPSA) is 57.2 Å². The molecule has 6 heteroatoms. The zero-order valence-corrected chi connectivity index (χ0v) is 13.6. The Labute approximate surface area is 135 Å². The molecule has 0 radical (unpaired) electrons. The van der Waals surface area contributed by atoms with Crippen molar-refractivity contribution in [3.05, 3.63) is 34.9 Å². The molecule has 2 aliphatic rings. The van der Waals surface area contributed by atoms with Gasteiger partial charge in [-0.15, -0.1) is 0 Å². The van der Waals surface area contributed by atoms with E-state index in [-0.39, 0.29) is 6.10 Å². The minimum absolute atomic E-state index is 0.323. The maximum Gasteiger partial charge on any atom is 0.190 e. The molecule has 0 aromatic heterocycles. The molecule has 2 saturated heterocycles. The van der Waals surface area contributed by atoms with Crippen LogP contribution < -0.4 is 0 Å². The van der Waals surface area contributed by atoms with Crippen LogP contribution in [0.15, 0.2) is 24.3 Å². The molecule has 0 unspecified atom stereocenters. The quantitative estimate of drug-likeness (QED) is 0.920. The highest BCUT2D eigenvalue weighted by Gasteiger charge is 2.56. The van der Waals surface area contributed by atoms with Crippen LogP contribution in [0.2, 0.25) is 5.02 Å². The molecule has 1 aromatic rings. The van der Waals surface area contributed by atoms with Gasteiger partial charge in [-0.25, -0.2) is 0 Å². The third kappa shape index (κ3) is 3.15. The average molecular weight is 329 g/mol. The van der Waals surface area contributed by atoms with Crippen LogP contribution in [-0.2, 0) is 25.6 Å². The van der Waals surface area contributed by atoms with Gasteiger partial charge in [-0.05, 0) is 32.4 Å². The van der Waals surface area contributed by atoms with E-state index in [0.29, 0.717) is 11.6 Å². The zero-order valence-electron chi connectivity index (χ0n) is 12.9. The fourth-order valence-corrected chi connectivity index (χ4v) is 3.07. The number of halogens is 1. The Morgan fingerprint density at radius 1 is 1.32 bits per heavy atom. The van der Waals surface area contributed by atoms with Gasteiger partial charge in [0.1, 0.15) is 18.3 Å². The lowest BCUT2D eigenvalue weighted by molar-refractivity contribution is -0.229. The van der Waals surface area contributed by atoms with Crippen molar-refractivity contribution in [1.29, 1.82) is 0 Å². The monoisotopic (exact) mass is 328 g/mol. The number of hydrogen-bond donors (Lipinski definition) is 1. The third-order valence-corrected chi connectivity index (χ3v) is 4.26. The Balaban J connectivity index is 1.73. The van der Waals surface area contributed by atoms with Crippen LogP contribution in [0.1, 0.15) is 26.3 Å². The van der Waals surface area contributed by atoms with Crippen LogP contribution >= 0.6 is 11.6 Å². The molecule has 5 atom stereocenters. The van der Waals surface area contributed by atoms with Crippen LogP contribution in [0, 0.1) is 0 Å². The lowest BCUT2D eigenvalue weighted by Gasteiger charge is -2.27. The van der Waals surface area contributed by atoms with Gasteiger partial charge in [0, 0.05) is 5.02 Å². The number of ether oxygens (including phenoxy) is 4. The van der Waals surface area contributed by atoms with Gasteiger partial charge in [0.05, 0.1) is 12.7 Å². The molecule has 1 aromatic carbocycles. The molecule has 22 heavy (non-hydrogen) atoms. The first-order chi connectivity index (χ1) is 10.4. The van der Waals surface area contributed by atoms with Gasteiger partial charge in [0.2, 0.25) is 0 Å². The van der Waals surface area contributed by atoms with Crippen LogP contribution in [0.5, 0.6) is 0 Å². The molecule has 5 nitrogen and oxygen atoms in total. The van der Waals surface area contributed by atoms with Crippen molar-refractivity contribution in [1.82, 2.24) is 0 Å². The first-order valence-electron chi connectivity index (χ1n) is 7.41. The summed E-state index contributed by atoms with van der Waals surface area (Å²) in [6.07, 6.45) is -2.48. The summed E-state index contributed by atoms with van der Waals surface area (Å²) < 4.78 is 23.3. The molecular formula is C16H21ClO5. The molecule has 122 valence electrons. The van der Waals surface area contributed by atoms with E-state index in [9.17, 15) is 5.11 Å². The predicted octanol–water partition coefficient (Wildman–Crippen LogP) is 2.48. The lowest BCUT2D eigenvalue weighted by Crippen LogP contribution is -2.41. The molecule has 0 aliphatic carbocycles. The van der Waals surface area contributed by atoms with Crippen molar-refractivity contribution < 1.29 is 24.1 Å². The second-order valence-corrected chi connectivity index (χ2v) is 6.58. The molecule has 0 spiro atoms. The van der Waals surface area contributed by atoms with Gasteiger partial charge in [-0.1, -0.05) is 29.8 Å². The summed E-state index contributed by atoms with van der Waals surface area (Å²) >= 11 is 6.15. The van der Waals surface area contributed by atoms with Crippen molar-refractivity contribution in [2.45, 2.75) is 63.9 Å². The highest BCUT2D eigenvalue weighted by molar-refractivity contribution is 6.31.